The summed E-state index contributed by atoms with van der Waals surface area (Å²) in [5.74, 6) is -0.0141. The molecule has 2 aliphatic heterocycles. The van der Waals surface area contributed by atoms with Crippen molar-refractivity contribution in [3.05, 3.63) is 90.0 Å². The second-order valence-electron chi connectivity index (χ2n) is 8.38. The molecule has 32 heavy (non-hydrogen) atoms. The molecule has 1 fully saturated rings. The molecular weight excluding hydrogens is 398 g/mol. The second-order valence-corrected chi connectivity index (χ2v) is 8.38. The van der Waals surface area contributed by atoms with E-state index in [0.717, 1.165) is 67.5 Å². The molecule has 1 amide bonds. The Labute approximate surface area is 189 Å². The lowest BCUT2D eigenvalue weighted by Crippen LogP contribution is -2.52. The predicted octanol–water partition coefficient (Wildman–Crippen LogP) is 3.34. The number of anilines is 3. The van der Waals surface area contributed by atoms with E-state index in [1.165, 1.54) is 0 Å². The molecule has 2 heterocycles. The van der Waals surface area contributed by atoms with Gasteiger partial charge in [-0.3, -0.25) is 9.69 Å². The number of hydrogen-bond acceptors (Lipinski definition) is 5. The minimum Gasteiger partial charge on any atom is -0.397 e. The van der Waals surface area contributed by atoms with Crippen LogP contribution in [0.4, 0.5) is 17.1 Å². The second kappa shape index (κ2) is 8.93. The van der Waals surface area contributed by atoms with Crippen LogP contribution in [0.5, 0.6) is 0 Å². The molecule has 0 saturated carbocycles. The van der Waals surface area contributed by atoms with Crippen molar-refractivity contribution in [1.29, 1.82) is 0 Å². The number of piperazine rings is 1. The lowest BCUT2D eigenvalue weighted by atomic mass is 10.0. The van der Waals surface area contributed by atoms with Crippen molar-refractivity contribution in [3.8, 4) is 0 Å². The maximum atomic E-state index is 12.8. The Hall–Kier alpha value is -3.51. The van der Waals surface area contributed by atoms with E-state index < -0.39 is 0 Å². The topological polar surface area (TPSA) is 64.8 Å². The molecule has 0 bridgehead atoms. The molecule has 1 saturated heterocycles. The molecule has 0 spiro atoms. The number of nitrogens with two attached hydrogens (primary N) is 1. The Balaban J connectivity index is 1.29. The minimum atomic E-state index is -0.163. The van der Waals surface area contributed by atoms with Crippen molar-refractivity contribution >= 4 is 23.0 Å². The van der Waals surface area contributed by atoms with Crippen LogP contribution in [0.3, 0.4) is 0 Å². The third kappa shape index (κ3) is 4.01. The van der Waals surface area contributed by atoms with Crippen molar-refractivity contribution in [3.63, 3.8) is 0 Å². The number of carbonyl (C=O) groups is 1. The lowest BCUT2D eigenvalue weighted by Gasteiger charge is -2.42. The van der Waals surface area contributed by atoms with Gasteiger partial charge in [-0.1, -0.05) is 54.6 Å². The number of para-hydroxylation sites is 3. The van der Waals surface area contributed by atoms with Gasteiger partial charge in [0.05, 0.1) is 22.6 Å². The average Bonchev–Trinajstić information content (AvgIpc) is 2.85. The number of nitrogen functional groups attached to an aromatic ring is 1. The Morgan fingerprint density at radius 1 is 0.781 bits per heavy atom. The summed E-state index contributed by atoms with van der Waals surface area (Å²) in [4.78, 5) is 19.9. The zero-order valence-electron chi connectivity index (χ0n) is 18.2. The Kier molecular flexibility index (Phi) is 5.69. The van der Waals surface area contributed by atoms with Gasteiger partial charge in [0.25, 0.3) is 5.91 Å². The van der Waals surface area contributed by atoms with Gasteiger partial charge in [-0.15, -0.1) is 0 Å². The average molecular weight is 428 g/mol. The number of fused-ring (bicyclic) bond motifs is 1. The summed E-state index contributed by atoms with van der Waals surface area (Å²) < 4.78 is 0. The molecular formula is C26H29N5O. The first-order valence-corrected chi connectivity index (χ1v) is 11.2. The molecule has 1 atom stereocenters. The van der Waals surface area contributed by atoms with Crippen LogP contribution in [-0.2, 0) is 0 Å². The van der Waals surface area contributed by atoms with Gasteiger partial charge in [-0.2, -0.15) is 0 Å². The number of nitrogens with zero attached hydrogens (tertiary/aromatic N) is 3. The SMILES string of the molecule is Nc1ccccc1N1CCN(CCN2c3ccccc3C(=O)NC2c2ccccc2)CC1. The van der Waals surface area contributed by atoms with Crippen LogP contribution in [0.1, 0.15) is 22.1 Å². The zero-order chi connectivity index (χ0) is 21.9. The van der Waals surface area contributed by atoms with E-state index in [1.807, 2.05) is 54.6 Å². The number of benzene rings is 3. The highest BCUT2D eigenvalue weighted by molar-refractivity contribution is 6.02. The summed E-state index contributed by atoms with van der Waals surface area (Å²) in [6, 6.07) is 26.2. The van der Waals surface area contributed by atoms with Crippen molar-refractivity contribution in [2.24, 2.45) is 0 Å². The van der Waals surface area contributed by atoms with Gasteiger partial charge in [-0.25, -0.2) is 0 Å². The highest BCUT2D eigenvalue weighted by Gasteiger charge is 2.31. The monoisotopic (exact) mass is 427 g/mol. The summed E-state index contributed by atoms with van der Waals surface area (Å²) in [5.41, 5.74) is 11.0. The number of amides is 1. The minimum absolute atomic E-state index is 0.0141. The van der Waals surface area contributed by atoms with Crippen LogP contribution in [0, 0.1) is 0 Å². The maximum Gasteiger partial charge on any atom is 0.255 e. The molecule has 0 aliphatic carbocycles. The fourth-order valence-electron chi connectivity index (χ4n) is 4.72. The molecule has 1 unspecified atom stereocenters. The lowest BCUT2D eigenvalue weighted by molar-refractivity contribution is 0.0925. The quantitative estimate of drug-likeness (QED) is 0.612. The van der Waals surface area contributed by atoms with Crippen LogP contribution in [-0.4, -0.2) is 50.1 Å². The molecule has 6 nitrogen and oxygen atoms in total. The normalized spacial score (nSPS) is 18.9. The van der Waals surface area contributed by atoms with E-state index in [2.05, 4.69) is 44.3 Å². The van der Waals surface area contributed by atoms with E-state index in [4.69, 9.17) is 5.73 Å². The van der Waals surface area contributed by atoms with Crippen molar-refractivity contribution in [2.45, 2.75) is 6.17 Å². The molecule has 164 valence electrons. The third-order valence-electron chi connectivity index (χ3n) is 6.46. The third-order valence-corrected chi connectivity index (χ3v) is 6.46. The number of rotatable bonds is 5. The molecule has 5 rings (SSSR count). The first-order valence-electron chi connectivity index (χ1n) is 11.2. The van der Waals surface area contributed by atoms with Crippen LogP contribution < -0.4 is 20.9 Å². The van der Waals surface area contributed by atoms with Gasteiger partial charge < -0.3 is 20.9 Å². The maximum absolute atomic E-state index is 12.8. The Bertz CT molecular complexity index is 1080. The van der Waals surface area contributed by atoms with E-state index >= 15 is 0 Å². The standard InChI is InChI=1S/C26H29N5O/c27-22-11-5-7-13-24(22)30-17-14-29(15-18-30)16-19-31-23-12-6-4-10-21(23)26(32)28-25(31)20-8-2-1-3-9-20/h1-13,25H,14-19,27H2,(H,28,32). The van der Waals surface area contributed by atoms with Gasteiger partial charge in [0.15, 0.2) is 0 Å². The van der Waals surface area contributed by atoms with Gasteiger partial charge in [0.1, 0.15) is 6.17 Å². The van der Waals surface area contributed by atoms with Crippen molar-refractivity contribution < 1.29 is 4.79 Å². The first kappa shape index (κ1) is 20.4. The highest BCUT2D eigenvalue weighted by Crippen LogP contribution is 2.33. The molecule has 2 aliphatic rings. The van der Waals surface area contributed by atoms with E-state index in [9.17, 15) is 4.79 Å². The van der Waals surface area contributed by atoms with Gasteiger partial charge in [0, 0.05) is 39.3 Å². The smallest absolute Gasteiger partial charge is 0.255 e. The number of nitrogens with one attached hydrogen (secondary N) is 1. The van der Waals surface area contributed by atoms with Gasteiger partial charge >= 0.3 is 0 Å². The summed E-state index contributed by atoms with van der Waals surface area (Å²) >= 11 is 0. The summed E-state index contributed by atoms with van der Waals surface area (Å²) in [5, 5.41) is 3.21. The van der Waals surface area contributed by atoms with Crippen molar-refractivity contribution in [2.75, 3.05) is 54.8 Å². The summed E-state index contributed by atoms with van der Waals surface area (Å²) in [6.07, 6.45) is -0.163. The molecule has 6 heteroatoms. The zero-order valence-corrected chi connectivity index (χ0v) is 18.2. The molecule has 0 aromatic heterocycles. The predicted molar refractivity (Wildman–Crippen MR) is 130 cm³/mol. The molecule has 0 radical (unpaired) electrons. The fourth-order valence-corrected chi connectivity index (χ4v) is 4.72. The number of carbonyl (C=O) groups excluding carboxylic acids is 1. The Morgan fingerprint density at radius 3 is 2.19 bits per heavy atom. The van der Waals surface area contributed by atoms with Crippen LogP contribution in [0.25, 0.3) is 0 Å². The fraction of sp³-hybridized carbons (Fsp3) is 0.269. The molecule has 3 N–H and O–H groups in total. The van der Waals surface area contributed by atoms with E-state index in [0.29, 0.717) is 0 Å². The largest absolute Gasteiger partial charge is 0.397 e. The molecule has 3 aromatic carbocycles. The van der Waals surface area contributed by atoms with Crippen LogP contribution in [0.15, 0.2) is 78.9 Å². The van der Waals surface area contributed by atoms with Crippen molar-refractivity contribution in [1.82, 2.24) is 10.2 Å². The van der Waals surface area contributed by atoms with E-state index in [1.54, 1.807) is 0 Å². The highest BCUT2D eigenvalue weighted by atomic mass is 16.2. The Morgan fingerprint density at radius 2 is 1.44 bits per heavy atom. The van der Waals surface area contributed by atoms with Crippen LogP contribution in [0.2, 0.25) is 0 Å². The van der Waals surface area contributed by atoms with E-state index in [-0.39, 0.29) is 12.1 Å². The van der Waals surface area contributed by atoms with Gasteiger partial charge in [-0.05, 0) is 29.8 Å². The summed E-state index contributed by atoms with van der Waals surface area (Å²) in [7, 11) is 0. The number of hydrogen-bond donors (Lipinski definition) is 2. The summed E-state index contributed by atoms with van der Waals surface area (Å²) in [6.45, 7) is 5.68. The van der Waals surface area contributed by atoms with Gasteiger partial charge in [0.2, 0.25) is 0 Å². The van der Waals surface area contributed by atoms with Crippen LogP contribution >= 0.6 is 0 Å². The molecule has 3 aromatic rings. The first-order chi connectivity index (χ1) is 15.7.